The van der Waals surface area contributed by atoms with Crippen molar-refractivity contribution in [1.29, 1.82) is 0 Å². The summed E-state index contributed by atoms with van der Waals surface area (Å²) in [5.41, 5.74) is 1.66. The van der Waals surface area contributed by atoms with Gasteiger partial charge in [0.1, 0.15) is 12.7 Å². The summed E-state index contributed by atoms with van der Waals surface area (Å²) < 4.78 is 11.4. The van der Waals surface area contributed by atoms with Gasteiger partial charge in [-0.15, -0.1) is 0 Å². The normalized spacial score (nSPS) is 17.1. The minimum absolute atomic E-state index is 0.0384. The second kappa shape index (κ2) is 10.8. The molecule has 2 aromatic rings. The van der Waals surface area contributed by atoms with Crippen LogP contribution in [0.25, 0.3) is 0 Å². The van der Waals surface area contributed by atoms with E-state index in [2.05, 4.69) is 27.2 Å². The van der Waals surface area contributed by atoms with Crippen molar-refractivity contribution in [2.24, 2.45) is 0 Å². The maximum atomic E-state index is 12.2. The molecule has 0 aliphatic carbocycles. The first-order valence-electron chi connectivity index (χ1n) is 11.0. The molecule has 0 spiro atoms. The highest BCUT2D eigenvalue weighted by molar-refractivity contribution is 5.86. The number of hydrogen-bond donors (Lipinski definition) is 2. The third kappa shape index (κ3) is 6.22. The number of nitrogens with zero attached hydrogens (tertiary/aromatic N) is 2. The van der Waals surface area contributed by atoms with Crippen molar-refractivity contribution in [3.8, 4) is 11.5 Å². The summed E-state index contributed by atoms with van der Waals surface area (Å²) in [7, 11) is 3.58. The molecule has 0 saturated carbocycles. The van der Waals surface area contributed by atoms with Crippen molar-refractivity contribution in [3.63, 3.8) is 0 Å². The standard InChI is InChI=1S/C25H35N3O4/c1-25(2)24(30)26-12-13-28(25)16-20-10-11-22(31-4)23(14-20)32-18-21(29)17-27(3)15-19-8-6-5-7-9-19/h5-11,14,21,29H,12-13,15-18H2,1-4H3,(H,26,30). The first kappa shape index (κ1) is 24.0. The topological polar surface area (TPSA) is 74.3 Å². The maximum absolute atomic E-state index is 12.2. The Morgan fingerprint density at radius 2 is 1.91 bits per heavy atom. The summed E-state index contributed by atoms with van der Waals surface area (Å²) in [6.45, 7) is 7.34. The van der Waals surface area contributed by atoms with Crippen LogP contribution in [-0.4, -0.2) is 72.9 Å². The molecular weight excluding hydrogens is 406 g/mol. The first-order chi connectivity index (χ1) is 15.3. The molecule has 32 heavy (non-hydrogen) atoms. The molecule has 1 atom stereocenters. The van der Waals surface area contributed by atoms with Crippen LogP contribution < -0.4 is 14.8 Å². The van der Waals surface area contributed by atoms with Gasteiger partial charge < -0.3 is 19.9 Å². The van der Waals surface area contributed by atoms with E-state index in [1.54, 1.807) is 7.11 Å². The molecule has 0 radical (unpaired) electrons. The fraction of sp³-hybridized carbons (Fsp3) is 0.480. The molecule has 1 amide bonds. The Bertz CT molecular complexity index is 888. The number of ether oxygens (including phenoxy) is 2. The van der Waals surface area contributed by atoms with Crippen LogP contribution in [0.2, 0.25) is 0 Å². The van der Waals surface area contributed by atoms with Gasteiger partial charge in [-0.05, 0) is 44.2 Å². The zero-order valence-electron chi connectivity index (χ0n) is 19.5. The van der Waals surface area contributed by atoms with Gasteiger partial charge in [0.2, 0.25) is 5.91 Å². The number of benzene rings is 2. The number of rotatable bonds is 10. The van der Waals surface area contributed by atoms with E-state index in [-0.39, 0.29) is 12.5 Å². The molecule has 1 aliphatic heterocycles. The third-order valence-corrected chi connectivity index (χ3v) is 5.86. The van der Waals surface area contributed by atoms with E-state index in [0.29, 0.717) is 31.1 Å². The first-order valence-corrected chi connectivity index (χ1v) is 11.0. The van der Waals surface area contributed by atoms with Crippen LogP contribution in [0.15, 0.2) is 48.5 Å². The second-order valence-corrected chi connectivity index (χ2v) is 8.87. The maximum Gasteiger partial charge on any atom is 0.240 e. The molecule has 7 heteroatoms. The summed E-state index contributed by atoms with van der Waals surface area (Å²) in [6.07, 6.45) is -0.637. The average Bonchev–Trinajstić information content (AvgIpc) is 2.76. The summed E-state index contributed by atoms with van der Waals surface area (Å²) in [4.78, 5) is 16.5. The highest BCUT2D eigenvalue weighted by Crippen LogP contribution is 2.30. The largest absolute Gasteiger partial charge is 0.493 e. The van der Waals surface area contributed by atoms with Gasteiger partial charge in [0.25, 0.3) is 0 Å². The zero-order valence-corrected chi connectivity index (χ0v) is 19.5. The molecule has 174 valence electrons. The van der Waals surface area contributed by atoms with Gasteiger partial charge in [-0.3, -0.25) is 14.6 Å². The van der Waals surface area contributed by atoms with Crippen molar-refractivity contribution >= 4 is 5.91 Å². The van der Waals surface area contributed by atoms with Crippen LogP contribution in [0.4, 0.5) is 0 Å². The molecule has 7 nitrogen and oxygen atoms in total. The Morgan fingerprint density at radius 1 is 1.16 bits per heavy atom. The van der Waals surface area contributed by atoms with Gasteiger partial charge in [-0.2, -0.15) is 0 Å². The third-order valence-electron chi connectivity index (χ3n) is 5.86. The zero-order chi connectivity index (χ0) is 23.1. The fourth-order valence-corrected chi connectivity index (χ4v) is 3.93. The SMILES string of the molecule is COc1ccc(CN2CCNC(=O)C2(C)C)cc1OCC(O)CN(C)Cc1ccccc1. The van der Waals surface area contributed by atoms with E-state index in [1.165, 1.54) is 5.56 Å². The van der Waals surface area contributed by atoms with Crippen LogP contribution in [0.5, 0.6) is 11.5 Å². The van der Waals surface area contributed by atoms with Gasteiger partial charge >= 0.3 is 0 Å². The van der Waals surface area contributed by atoms with Crippen molar-refractivity contribution in [1.82, 2.24) is 15.1 Å². The van der Waals surface area contributed by atoms with E-state index in [9.17, 15) is 9.90 Å². The van der Waals surface area contributed by atoms with Crippen molar-refractivity contribution in [3.05, 3.63) is 59.7 Å². The number of nitrogens with one attached hydrogen (secondary N) is 1. The number of piperazine rings is 1. The summed E-state index contributed by atoms with van der Waals surface area (Å²) in [5, 5.41) is 13.4. The molecule has 1 fully saturated rings. The number of aliphatic hydroxyl groups excluding tert-OH is 1. The minimum atomic E-state index is -0.637. The van der Waals surface area contributed by atoms with Gasteiger partial charge in [-0.1, -0.05) is 36.4 Å². The number of likely N-dealkylation sites (N-methyl/N-ethyl adjacent to an activating group) is 1. The number of aliphatic hydroxyl groups is 1. The van der Waals surface area contributed by atoms with Gasteiger partial charge in [0.15, 0.2) is 11.5 Å². The van der Waals surface area contributed by atoms with E-state index < -0.39 is 11.6 Å². The molecule has 1 unspecified atom stereocenters. The van der Waals surface area contributed by atoms with E-state index in [0.717, 1.165) is 18.7 Å². The number of carbonyl (C=O) groups is 1. The lowest BCUT2D eigenvalue weighted by atomic mass is 9.98. The van der Waals surface area contributed by atoms with Crippen molar-refractivity contribution < 1.29 is 19.4 Å². The second-order valence-electron chi connectivity index (χ2n) is 8.87. The Balaban J connectivity index is 1.58. The predicted octanol–water partition coefficient (Wildman–Crippen LogP) is 2.28. The highest BCUT2D eigenvalue weighted by atomic mass is 16.5. The Kier molecular flexibility index (Phi) is 8.12. The quantitative estimate of drug-likeness (QED) is 0.589. The molecule has 1 heterocycles. The minimum Gasteiger partial charge on any atom is -0.493 e. The Morgan fingerprint density at radius 3 is 2.62 bits per heavy atom. The summed E-state index contributed by atoms with van der Waals surface area (Å²) >= 11 is 0. The predicted molar refractivity (Wildman–Crippen MR) is 125 cm³/mol. The summed E-state index contributed by atoms with van der Waals surface area (Å²) in [6, 6.07) is 16.0. The van der Waals surface area contributed by atoms with E-state index >= 15 is 0 Å². The van der Waals surface area contributed by atoms with Gasteiger partial charge in [0.05, 0.1) is 12.6 Å². The summed E-state index contributed by atoms with van der Waals surface area (Å²) in [5.74, 6) is 1.25. The number of carbonyl (C=O) groups excluding carboxylic acids is 1. The van der Waals surface area contributed by atoms with E-state index in [4.69, 9.17) is 9.47 Å². The molecule has 1 aliphatic rings. The Hall–Kier alpha value is -2.61. The van der Waals surface area contributed by atoms with Crippen LogP contribution in [-0.2, 0) is 17.9 Å². The number of hydrogen-bond acceptors (Lipinski definition) is 6. The molecule has 0 aromatic heterocycles. The Labute approximate surface area is 190 Å². The van der Waals surface area contributed by atoms with Crippen molar-refractivity contribution in [2.75, 3.05) is 40.4 Å². The van der Waals surface area contributed by atoms with E-state index in [1.807, 2.05) is 57.3 Å². The number of amides is 1. The lowest BCUT2D eigenvalue weighted by Crippen LogP contribution is -2.61. The van der Waals surface area contributed by atoms with Crippen LogP contribution in [0.3, 0.4) is 0 Å². The fourth-order valence-electron chi connectivity index (χ4n) is 3.93. The van der Waals surface area contributed by atoms with Crippen LogP contribution in [0, 0.1) is 0 Å². The van der Waals surface area contributed by atoms with Gasteiger partial charge in [0, 0.05) is 32.7 Å². The molecule has 2 aromatic carbocycles. The monoisotopic (exact) mass is 441 g/mol. The lowest BCUT2D eigenvalue weighted by molar-refractivity contribution is -0.135. The van der Waals surface area contributed by atoms with Crippen molar-refractivity contribution in [2.45, 2.75) is 38.6 Å². The molecule has 3 rings (SSSR count). The average molecular weight is 442 g/mol. The lowest BCUT2D eigenvalue weighted by Gasteiger charge is -2.41. The molecule has 0 bridgehead atoms. The molecule has 1 saturated heterocycles. The van der Waals surface area contributed by atoms with Crippen LogP contribution in [0.1, 0.15) is 25.0 Å². The van der Waals surface area contributed by atoms with Gasteiger partial charge in [-0.25, -0.2) is 0 Å². The molecular formula is C25H35N3O4. The van der Waals surface area contributed by atoms with Crippen LogP contribution >= 0.6 is 0 Å². The highest BCUT2D eigenvalue weighted by Gasteiger charge is 2.37. The molecule has 2 N–H and O–H groups in total. The number of methoxy groups -OCH3 is 1. The smallest absolute Gasteiger partial charge is 0.240 e.